The molecule has 0 aliphatic carbocycles. The number of rotatable bonds is 5. The third kappa shape index (κ3) is 3.85. The van der Waals surface area contributed by atoms with Gasteiger partial charge in [-0.15, -0.1) is 11.3 Å². The highest BCUT2D eigenvalue weighted by atomic mass is 32.1. The molecule has 1 atom stereocenters. The minimum Gasteiger partial charge on any atom is -0.352 e. The number of thiophene rings is 1. The lowest BCUT2D eigenvalue weighted by Crippen LogP contribution is -2.35. The van der Waals surface area contributed by atoms with E-state index in [1.165, 1.54) is 5.56 Å². The molecule has 3 aromatic rings. The molecule has 1 aliphatic rings. The van der Waals surface area contributed by atoms with Crippen LogP contribution in [0, 0.1) is 0 Å². The molecule has 4 nitrogen and oxygen atoms in total. The van der Waals surface area contributed by atoms with E-state index in [0.717, 1.165) is 22.5 Å². The van der Waals surface area contributed by atoms with Gasteiger partial charge in [-0.05, 0) is 54.1 Å². The molecule has 0 bridgehead atoms. The molecule has 2 amide bonds. The standard InChI is InChI=1S/C23H22N2O2S/c1-16-12-19-10-9-17(15-24-22(26)14-20-8-5-11-28-20)13-21(19)25(16)23(27)18-6-3-2-4-7-18/h2-11,13,16H,12,14-15H2,1H3,(H,24,26)/t16-/m0/s1. The number of carbonyl (C=O) groups excluding carboxylic acids is 2. The van der Waals surface area contributed by atoms with Crippen LogP contribution in [0.5, 0.6) is 0 Å². The lowest BCUT2D eigenvalue weighted by molar-refractivity contribution is -0.120. The molecule has 0 saturated carbocycles. The van der Waals surface area contributed by atoms with Gasteiger partial charge < -0.3 is 10.2 Å². The van der Waals surface area contributed by atoms with Crippen LogP contribution in [-0.4, -0.2) is 17.9 Å². The molecule has 28 heavy (non-hydrogen) atoms. The molecule has 0 spiro atoms. The van der Waals surface area contributed by atoms with E-state index >= 15 is 0 Å². The van der Waals surface area contributed by atoms with Crippen LogP contribution < -0.4 is 10.2 Å². The predicted molar refractivity (Wildman–Crippen MR) is 113 cm³/mol. The number of benzene rings is 2. The van der Waals surface area contributed by atoms with E-state index < -0.39 is 0 Å². The second kappa shape index (κ2) is 7.98. The summed E-state index contributed by atoms with van der Waals surface area (Å²) in [7, 11) is 0. The van der Waals surface area contributed by atoms with Crippen LogP contribution in [0.4, 0.5) is 5.69 Å². The summed E-state index contributed by atoms with van der Waals surface area (Å²) < 4.78 is 0. The summed E-state index contributed by atoms with van der Waals surface area (Å²) in [5.41, 5.74) is 3.81. The Labute approximate surface area is 168 Å². The molecule has 0 unspecified atom stereocenters. The van der Waals surface area contributed by atoms with Crippen molar-refractivity contribution in [2.24, 2.45) is 0 Å². The number of carbonyl (C=O) groups is 2. The Morgan fingerprint density at radius 2 is 1.93 bits per heavy atom. The summed E-state index contributed by atoms with van der Waals surface area (Å²) in [5.74, 6) is 0.0271. The lowest BCUT2D eigenvalue weighted by atomic mass is 10.1. The van der Waals surface area contributed by atoms with Gasteiger partial charge in [0.2, 0.25) is 5.91 Å². The molecule has 0 saturated heterocycles. The van der Waals surface area contributed by atoms with E-state index in [0.29, 0.717) is 18.5 Å². The Kier molecular flexibility index (Phi) is 5.26. The number of hydrogen-bond acceptors (Lipinski definition) is 3. The van der Waals surface area contributed by atoms with E-state index in [1.54, 1.807) is 11.3 Å². The first-order valence-corrected chi connectivity index (χ1v) is 10.3. The zero-order chi connectivity index (χ0) is 19.5. The van der Waals surface area contributed by atoms with Crippen LogP contribution in [0.2, 0.25) is 0 Å². The molecular formula is C23H22N2O2S. The summed E-state index contributed by atoms with van der Waals surface area (Å²) in [6.45, 7) is 2.53. The predicted octanol–water partition coefficient (Wildman–Crippen LogP) is 4.20. The summed E-state index contributed by atoms with van der Waals surface area (Å²) in [5, 5.41) is 4.95. The van der Waals surface area contributed by atoms with Crippen LogP contribution in [0.3, 0.4) is 0 Å². The van der Waals surface area contributed by atoms with Gasteiger partial charge in [-0.1, -0.05) is 36.4 Å². The van der Waals surface area contributed by atoms with Gasteiger partial charge in [-0.2, -0.15) is 0 Å². The third-order valence-electron chi connectivity index (χ3n) is 5.01. The zero-order valence-corrected chi connectivity index (χ0v) is 16.5. The van der Waals surface area contributed by atoms with Crippen molar-refractivity contribution in [3.8, 4) is 0 Å². The monoisotopic (exact) mass is 390 g/mol. The van der Waals surface area contributed by atoms with Crippen LogP contribution in [0.1, 0.15) is 33.3 Å². The molecule has 5 heteroatoms. The van der Waals surface area contributed by atoms with Crippen LogP contribution in [0.15, 0.2) is 66.0 Å². The van der Waals surface area contributed by atoms with E-state index in [2.05, 4.69) is 18.3 Å². The second-order valence-corrected chi connectivity index (χ2v) is 8.12. The maximum absolute atomic E-state index is 13.0. The zero-order valence-electron chi connectivity index (χ0n) is 15.7. The number of nitrogens with one attached hydrogen (secondary N) is 1. The maximum atomic E-state index is 13.0. The fourth-order valence-corrected chi connectivity index (χ4v) is 4.33. The SMILES string of the molecule is C[C@H]1Cc2ccc(CNC(=O)Cc3cccs3)cc2N1C(=O)c1ccccc1. The molecule has 1 aliphatic heterocycles. The average Bonchev–Trinajstić information content (AvgIpc) is 3.33. The maximum Gasteiger partial charge on any atom is 0.258 e. The highest BCUT2D eigenvalue weighted by molar-refractivity contribution is 7.10. The summed E-state index contributed by atoms with van der Waals surface area (Å²) in [6, 6.07) is 19.6. The van der Waals surface area contributed by atoms with Crippen molar-refractivity contribution in [1.29, 1.82) is 0 Å². The van der Waals surface area contributed by atoms with Crippen LogP contribution >= 0.6 is 11.3 Å². The smallest absolute Gasteiger partial charge is 0.258 e. The van der Waals surface area contributed by atoms with E-state index in [9.17, 15) is 9.59 Å². The largest absolute Gasteiger partial charge is 0.352 e. The van der Waals surface area contributed by atoms with Crippen molar-refractivity contribution < 1.29 is 9.59 Å². The van der Waals surface area contributed by atoms with Gasteiger partial charge in [0.1, 0.15) is 0 Å². The average molecular weight is 391 g/mol. The minimum atomic E-state index is 0.00790. The Hall–Kier alpha value is -2.92. The molecule has 0 fully saturated rings. The van der Waals surface area contributed by atoms with Crippen molar-refractivity contribution >= 4 is 28.8 Å². The highest BCUT2D eigenvalue weighted by Gasteiger charge is 2.31. The van der Waals surface area contributed by atoms with Gasteiger partial charge in [0.15, 0.2) is 0 Å². The molecule has 142 valence electrons. The van der Waals surface area contributed by atoms with Gasteiger partial charge in [0, 0.05) is 28.7 Å². The minimum absolute atomic E-state index is 0.00790. The molecular weight excluding hydrogens is 368 g/mol. The Bertz CT molecular complexity index is 983. The summed E-state index contributed by atoms with van der Waals surface area (Å²) in [4.78, 5) is 28.1. The Morgan fingerprint density at radius 1 is 1.11 bits per heavy atom. The number of hydrogen-bond donors (Lipinski definition) is 1. The van der Waals surface area contributed by atoms with Crippen LogP contribution in [0.25, 0.3) is 0 Å². The third-order valence-corrected chi connectivity index (χ3v) is 5.89. The van der Waals surface area contributed by atoms with Gasteiger partial charge in [0.05, 0.1) is 6.42 Å². The van der Waals surface area contributed by atoms with Crippen molar-refractivity contribution in [1.82, 2.24) is 5.32 Å². The molecule has 2 aromatic carbocycles. The Balaban J connectivity index is 1.48. The van der Waals surface area contributed by atoms with Crippen molar-refractivity contribution in [2.75, 3.05) is 4.90 Å². The van der Waals surface area contributed by atoms with Gasteiger partial charge in [0.25, 0.3) is 5.91 Å². The number of anilines is 1. The normalized spacial score (nSPS) is 15.3. The molecule has 1 aromatic heterocycles. The van der Waals surface area contributed by atoms with Crippen LogP contribution in [-0.2, 0) is 24.2 Å². The molecule has 0 radical (unpaired) electrons. The van der Waals surface area contributed by atoms with Crippen molar-refractivity contribution in [3.63, 3.8) is 0 Å². The van der Waals surface area contributed by atoms with E-state index in [-0.39, 0.29) is 17.9 Å². The summed E-state index contributed by atoms with van der Waals surface area (Å²) in [6.07, 6.45) is 1.25. The fourth-order valence-electron chi connectivity index (χ4n) is 3.63. The topological polar surface area (TPSA) is 49.4 Å². The number of fused-ring (bicyclic) bond motifs is 1. The summed E-state index contributed by atoms with van der Waals surface area (Å²) >= 11 is 1.59. The van der Waals surface area contributed by atoms with Crippen molar-refractivity contribution in [3.05, 3.63) is 87.6 Å². The quantitative estimate of drug-likeness (QED) is 0.710. The fraction of sp³-hybridized carbons (Fsp3) is 0.217. The molecule has 1 N–H and O–H groups in total. The first-order chi connectivity index (χ1) is 13.6. The van der Waals surface area contributed by atoms with E-state index in [1.807, 2.05) is 64.9 Å². The first kappa shape index (κ1) is 18.4. The second-order valence-electron chi connectivity index (χ2n) is 7.09. The highest BCUT2D eigenvalue weighted by Crippen LogP contribution is 2.34. The van der Waals surface area contributed by atoms with Crippen molar-refractivity contribution in [2.45, 2.75) is 32.4 Å². The Morgan fingerprint density at radius 3 is 2.68 bits per heavy atom. The number of nitrogens with zero attached hydrogens (tertiary/aromatic N) is 1. The molecule has 4 rings (SSSR count). The lowest BCUT2D eigenvalue weighted by Gasteiger charge is -2.23. The van der Waals surface area contributed by atoms with E-state index in [4.69, 9.17) is 0 Å². The van der Waals surface area contributed by atoms with Gasteiger partial charge in [-0.25, -0.2) is 0 Å². The molecule has 2 heterocycles. The van der Waals surface area contributed by atoms with Gasteiger partial charge in [-0.3, -0.25) is 9.59 Å². The van der Waals surface area contributed by atoms with Gasteiger partial charge >= 0.3 is 0 Å². The number of amides is 2. The first-order valence-electron chi connectivity index (χ1n) is 9.41.